The highest BCUT2D eigenvalue weighted by atomic mass is 35.5. The minimum absolute atomic E-state index is 0.222. The van der Waals surface area contributed by atoms with E-state index in [0.717, 1.165) is 11.3 Å². The second-order valence-corrected chi connectivity index (χ2v) is 5.32. The molecule has 5 heteroatoms. The summed E-state index contributed by atoms with van der Waals surface area (Å²) >= 11 is 12.0. The zero-order chi connectivity index (χ0) is 15.0. The molecule has 106 valence electrons. The number of methoxy groups -OCH3 is 1. The molecule has 0 aliphatic carbocycles. The fourth-order valence-corrected chi connectivity index (χ4v) is 2.65. The van der Waals surface area contributed by atoms with Gasteiger partial charge in [-0.1, -0.05) is 35.3 Å². The lowest BCUT2D eigenvalue weighted by atomic mass is 10.1. The van der Waals surface area contributed by atoms with Gasteiger partial charge in [-0.2, -0.15) is 0 Å². The third-order valence-corrected chi connectivity index (χ3v) is 3.62. The van der Waals surface area contributed by atoms with Gasteiger partial charge in [0.2, 0.25) is 5.78 Å². The summed E-state index contributed by atoms with van der Waals surface area (Å²) in [6.45, 7) is 0. The molecule has 0 N–H and O–H groups in total. The lowest BCUT2D eigenvalue weighted by molar-refractivity contribution is 0.101. The monoisotopic (exact) mass is 320 g/mol. The molecule has 21 heavy (non-hydrogen) atoms. The van der Waals surface area contributed by atoms with Crippen LogP contribution in [0, 0.1) is 0 Å². The summed E-state index contributed by atoms with van der Waals surface area (Å²) in [5.74, 6) is 1.10. The summed E-state index contributed by atoms with van der Waals surface area (Å²) in [7, 11) is 1.60. The smallest absolute Gasteiger partial charge is 0.233 e. The molecule has 0 bridgehead atoms. The minimum atomic E-state index is -0.248. The van der Waals surface area contributed by atoms with Crippen LogP contribution < -0.4 is 9.47 Å². The first-order valence-electron chi connectivity index (χ1n) is 6.16. The second-order valence-electron chi connectivity index (χ2n) is 4.47. The Morgan fingerprint density at radius 2 is 1.86 bits per heavy atom. The Labute approximate surface area is 131 Å². The fraction of sp³-hybridized carbons (Fsp3) is 0.0625. The second kappa shape index (κ2) is 5.43. The number of benzene rings is 2. The van der Waals surface area contributed by atoms with Crippen molar-refractivity contribution < 1.29 is 14.3 Å². The van der Waals surface area contributed by atoms with E-state index >= 15 is 0 Å². The Kier molecular flexibility index (Phi) is 3.62. The summed E-state index contributed by atoms with van der Waals surface area (Å²) < 4.78 is 10.6. The average Bonchev–Trinajstić information content (AvgIpc) is 2.76. The van der Waals surface area contributed by atoms with Crippen molar-refractivity contribution in [2.45, 2.75) is 0 Å². The Morgan fingerprint density at radius 3 is 2.52 bits per heavy atom. The molecule has 0 fully saturated rings. The van der Waals surface area contributed by atoms with E-state index in [-0.39, 0.29) is 11.5 Å². The molecule has 3 rings (SSSR count). The highest BCUT2D eigenvalue weighted by molar-refractivity contribution is 6.38. The molecule has 2 aromatic carbocycles. The van der Waals surface area contributed by atoms with Crippen LogP contribution >= 0.6 is 23.2 Å². The van der Waals surface area contributed by atoms with Crippen molar-refractivity contribution in [1.29, 1.82) is 0 Å². The van der Waals surface area contributed by atoms with Gasteiger partial charge in [0, 0.05) is 11.1 Å². The molecule has 1 heterocycles. The number of carbonyl (C=O) groups is 1. The number of ether oxygens (including phenoxy) is 2. The quantitative estimate of drug-likeness (QED) is 0.757. The van der Waals surface area contributed by atoms with Crippen LogP contribution in [0.5, 0.6) is 11.5 Å². The van der Waals surface area contributed by atoms with E-state index in [1.54, 1.807) is 19.3 Å². The minimum Gasteiger partial charge on any atom is -0.497 e. The van der Waals surface area contributed by atoms with Crippen molar-refractivity contribution in [1.82, 2.24) is 0 Å². The number of hydrogen-bond donors (Lipinski definition) is 0. The molecular weight excluding hydrogens is 311 g/mol. The normalized spacial score (nSPS) is 15.0. The number of rotatable bonds is 2. The van der Waals surface area contributed by atoms with Gasteiger partial charge < -0.3 is 9.47 Å². The van der Waals surface area contributed by atoms with E-state index in [0.29, 0.717) is 21.4 Å². The van der Waals surface area contributed by atoms with Gasteiger partial charge in [0.15, 0.2) is 5.76 Å². The van der Waals surface area contributed by atoms with E-state index < -0.39 is 0 Å². The predicted octanol–water partition coefficient (Wildman–Crippen LogP) is 4.62. The zero-order valence-corrected chi connectivity index (χ0v) is 12.5. The third-order valence-electron chi connectivity index (χ3n) is 3.10. The van der Waals surface area contributed by atoms with Gasteiger partial charge in [-0.25, -0.2) is 0 Å². The molecule has 0 saturated carbocycles. The topological polar surface area (TPSA) is 35.5 Å². The van der Waals surface area contributed by atoms with Crippen LogP contribution in [0.1, 0.15) is 15.9 Å². The Morgan fingerprint density at radius 1 is 1.14 bits per heavy atom. The summed E-state index contributed by atoms with van der Waals surface area (Å²) in [6, 6.07) is 10.4. The number of ketones is 1. The predicted molar refractivity (Wildman–Crippen MR) is 82.4 cm³/mol. The third kappa shape index (κ3) is 2.62. The molecule has 1 aliphatic heterocycles. The van der Waals surface area contributed by atoms with E-state index in [4.69, 9.17) is 32.7 Å². The highest BCUT2D eigenvalue weighted by Gasteiger charge is 2.30. The molecule has 0 saturated heterocycles. The molecular formula is C16H10Cl2O3. The van der Waals surface area contributed by atoms with E-state index in [2.05, 4.69) is 0 Å². The van der Waals surface area contributed by atoms with Crippen molar-refractivity contribution in [3.8, 4) is 11.5 Å². The maximum absolute atomic E-state index is 12.3. The summed E-state index contributed by atoms with van der Waals surface area (Å²) in [6.07, 6.45) is 1.66. The van der Waals surface area contributed by atoms with Gasteiger partial charge in [0.25, 0.3) is 0 Å². The SMILES string of the molecule is COc1ccc(/C=C2\Oc3cc(Cl)cc(Cl)c3C2=O)cc1. The van der Waals surface area contributed by atoms with Crippen molar-refractivity contribution in [2.24, 2.45) is 0 Å². The number of allylic oxidation sites excluding steroid dienone is 1. The van der Waals surface area contributed by atoms with Crippen LogP contribution in [0.2, 0.25) is 10.0 Å². The molecule has 3 nitrogen and oxygen atoms in total. The molecule has 0 atom stereocenters. The van der Waals surface area contributed by atoms with E-state index in [9.17, 15) is 4.79 Å². The molecule has 0 radical (unpaired) electrons. The van der Waals surface area contributed by atoms with Crippen LogP contribution in [0.15, 0.2) is 42.2 Å². The van der Waals surface area contributed by atoms with Gasteiger partial charge >= 0.3 is 0 Å². The first-order valence-corrected chi connectivity index (χ1v) is 6.91. The van der Waals surface area contributed by atoms with Crippen LogP contribution in [-0.4, -0.2) is 12.9 Å². The van der Waals surface area contributed by atoms with Crippen molar-refractivity contribution in [3.63, 3.8) is 0 Å². The molecule has 1 aliphatic rings. The van der Waals surface area contributed by atoms with E-state index in [1.807, 2.05) is 24.3 Å². The van der Waals surface area contributed by atoms with Gasteiger partial charge in [0.1, 0.15) is 11.5 Å². The number of halogens is 2. The van der Waals surface area contributed by atoms with Crippen molar-refractivity contribution in [3.05, 3.63) is 63.3 Å². The molecule has 0 unspecified atom stereocenters. The van der Waals surface area contributed by atoms with Crippen LogP contribution in [0.4, 0.5) is 0 Å². The molecule has 0 amide bonds. The van der Waals surface area contributed by atoms with Crippen LogP contribution in [0.25, 0.3) is 6.08 Å². The molecule has 2 aromatic rings. The van der Waals surface area contributed by atoms with Crippen LogP contribution in [0.3, 0.4) is 0 Å². The number of fused-ring (bicyclic) bond motifs is 1. The lowest BCUT2D eigenvalue weighted by Gasteiger charge is -2.01. The number of Topliss-reactive ketones (excluding diaryl/α,β-unsaturated/α-hetero) is 1. The summed E-state index contributed by atoms with van der Waals surface area (Å²) in [4.78, 5) is 12.3. The maximum atomic E-state index is 12.3. The van der Waals surface area contributed by atoms with Crippen molar-refractivity contribution in [2.75, 3.05) is 7.11 Å². The van der Waals surface area contributed by atoms with Gasteiger partial charge in [-0.3, -0.25) is 4.79 Å². The first-order chi connectivity index (χ1) is 10.1. The number of hydrogen-bond acceptors (Lipinski definition) is 3. The Hall–Kier alpha value is -1.97. The number of carbonyl (C=O) groups excluding carboxylic acids is 1. The molecule has 0 aromatic heterocycles. The maximum Gasteiger partial charge on any atom is 0.233 e. The zero-order valence-electron chi connectivity index (χ0n) is 11.0. The first kappa shape index (κ1) is 14.0. The van der Waals surface area contributed by atoms with Gasteiger partial charge in [-0.05, 0) is 29.8 Å². The van der Waals surface area contributed by atoms with Gasteiger partial charge in [-0.15, -0.1) is 0 Å². The molecule has 0 spiro atoms. The largest absolute Gasteiger partial charge is 0.497 e. The average molecular weight is 321 g/mol. The summed E-state index contributed by atoms with van der Waals surface area (Å²) in [5.41, 5.74) is 1.18. The fourth-order valence-electron chi connectivity index (χ4n) is 2.09. The Bertz CT molecular complexity index is 749. The van der Waals surface area contributed by atoms with Crippen LogP contribution in [-0.2, 0) is 0 Å². The van der Waals surface area contributed by atoms with Gasteiger partial charge in [0.05, 0.1) is 17.7 Å². The van der Waals surface area contributed by atoms with Crippen molar-refractivity contribution >= 4 is 35.1 Å². The lowest BCUT2D eigenvalue weighted by Crippen LogP contribution is -1.98. The summed E-state index contributed by atoms with van der Waals surface area (Å²) in [5, 5.41) is 0.720. The standard InChI is InChI=1S/C16H10Cl2O3/c1-20-11-4-2-9(3-5-11)6-14-16(19)15-12(18)7-10(17)8-13(15)21-14/h2-8H,1H3/b14-6-. The van der Waals surface area contributed by atoms with E-state index in [1.165, 1.54) is 6.07 Å². The highest BCUT2D eigenvalue weighted by Crippen LogP contribution is 2.39. The Balaban J connectivity index is 1.96.